The van der Waals surface area contributed by atoms with E-state index in [0.29, 0.717) is 23.5 Å². The van der Waals surface area contributed by atoms with Crippen molar-refractivity contribution < 1.29 is 9.66 Å². The Morgan fingerprint density at radius 3 is 2.53 bits per heavy atom. The SMILES string of the molecule is Cc1cccc([S+]([O-])CCN2CCN(CC(O)Cn3c(=O)c4c(ncn4C)n(C)c3=O)CC2)c1. The fourth-order valence-corrected chi connectivity index (χ4v) is 5.61. The van der Waals surface area contributed by atoms with E-state index in [4.69, 9.17) is 0 Å². The highest BCUT2D eigenvalue weighted by Gasteiger charge is 2.23. The van der Waals surface area contributed by atoms with Crippen LogP contribution >= 0.6 is 0 Å². The first-order valence-corrected chi connectivity index (χ1v) is 12.7. The summed E-state index contributed by atoms with van der Waals surface area (Å²) < 4.78 is 16.6. The molecule has 1 fully saturated rings. The number of aromatic nitrogens is 4. The number of hydrogen-bond donors (Lipinski definition) is 1. The molecule has 0 aliphatic carbocycles. The molecule has 11 heteroatoms. The van der Waals surface area contributed by atoms with Gasteiger partial charge in [-0.05, 0) is 35.8 Å². The maximum absolute atomic E-state index is 12.8. The number of fused-ring (bicyclic) bond motifs is 1. The largest absolute Gasteiger partial charge is 0.611 e. The summed E-state index contributed by atoms with van der Waals surface area (Å²) in [6.07, 6.45) is 0.652. The fourth-order valence-electron chi connectivity index (χ4n) is 4.41. The van der Waals surface area contributed by atoms with Crippen molar-refractivity contribution in [2.24, 2.45) is 14.1 Å². The van der Waals surface area contributed by atoms with Crippen LogP contribution in [0.1, 0.15) is 5.56 Å². The highest BCUT2D eigenvalue weighted by Crippen LogP contribution is 2.14. The summed E-state index contributed by atoms with van der Waals surface area (Å²) in [6.45, 7) is 6.24. The van der Waals surface area contributed by atoms with Crippen LogP contribution in [0, 0.1) is 6.92 Å². The lowest BCUT2D eigenvalue weighted by Gasteiger charge is -2.35. The Hall–Kier alpha value is -2.44. The van der Waals surface area contributed by atoms with Crippen LogP contribution < -0.4 is 11.2 Å². The topological polar surface area (TPSA) is 112 Å². The standard InChI is InChI=1S/C23H32N6O4S/c1-17-5-4-6-19(13-17)34(33)12-11-27-7-9-28(10-8-27)14-18(30)15-29-22(31)20-21(24-16-25(20)2)26(3)23(29)32/h4-6,13,16,18,30H,7-12,14-15H2,1-3H3. The maximum Gasteiger partial charge on any atom is 0.332 e. The fraction of sp³-hybridized carbons (Fsp3) is 0.522. The molecule has 184 valence electrons. The molecule has 0 amide bonds. The van der Waals surface area contributed by atoms with Gasteiger partial charge in [-0.1, -0.05) is 12.1 Å². The Balaban J connectivity index is 1.29. The smallest absolute Gasteiger partial charge is 0.332 e. The summed E-state index contributed by atoms with van der Waals surface area (Å²) in [5.74, 6) is 0.592. The van der Waals surface area contributed by atoms with Gasteiger partial charge < -0.3 is 14.2 Å². The molecule has 3 heterocycles. The van der Waals surface area contributed by atoms with Gasteiger partial charge in [0.1, 0.15) is 5.75 Å². The van der Waals surface area contributed by atoms with Gasteiger partial charge in [-0.15, -0.1) is 0 Å². The van der Waals surface area contributed by atoms with Gasteiger partial charge in [0.05, 0.1) is 19.0 Å². The van der Waals surface area contributed by atoms with E-state index in [-0.39, 0.29) is 6.54 Å². The molecule has 1 aliphatic rings. The van der Waals surface area contributed by atoms with Crippen LogP contribution in [-0.4, -0.2) is 89.3 Å². The van der Waals surface area contributed by atoms with Crippen molar-refractivity contribution in [1.82, 2.24) is 28.5 Å². The van der Waals surface area contributed by atoms with E-state index in [2.05, 4.69) is 14.8 Å². The number of aryl methyl sites for hydroxylation is 3. The van der Waals surface area contributed by atoms with Crippen LogP contribution in [0.15, 0.2) is 45.1 Å². The highest BCUT2D eigenvalue weighted by atomic mass is 32.2. The lowest BCUT2D eigenvalue weighted by molar-refractivity contribution is 0.0648. The summed E-state index contributed by atoms with van der Waals surface area (Å²) in [5.41, 5.74) is 0.859. The number of imidazole rings is 1. The molecule has 0 bridgehead atoms. The molecule has 0 radical (unpaired) electrons. The van der Waals surface area contributed by atoms with Gasteiger partial charge >= 0.3 is 5.69 Å². The third-order valence-corrected chi connectivity index (χ3v) is 7.71. The maximum atomic E-state index is 12.8. The molecule has 2 atom stereocenters. The quantitative estimate of drug-likeness (QED) is 0.427. The molecule has 2 aromatic heterocycles. The average molecular weight is 489 g/mol. The Bertz CT molecular complexity index is 1260. The second-order valence-electron chi connectivity index (χ2n) is 8.95. The van der Waals surface area contributed by atoms with Crippen LogP contribution in [0.2, 0.25) is 0 Å². The summed E-state index contributed by atoms with van der Waals surface area (Å²) >= 11 is -1.02. The van der Waals surface area contributed by atoms with Gasteiger partial charge in [0.2, 0.25) is 0 Å². The number of β-amino-alcohol motifs (C(OH)–C–C–N with tert-alkyl or cyclic N) is 1. The van der Waals surface area contributed by atoms with Crippen LogP contribution in [-0.2, 0) is 31.8 Å². The van der Waals surface area contributed by atoms with E-state index in [1.807, 2.05) is 31.2 Å². The van der Waals surface area contributed by atoms with Crippen molar-refractivity contribution in [1.29, 1.82) is 0 Å². The lowest BCUT2D eigenvalue weighted by atomic mass is 10.2. The number of nitrogens with zero attached hydrogens (tertiary/aromatic N) is 6. The molecular formula is C23H32N6O4S. The predicted octanol–water partition coefficient (Wildman–Crippen LogP) is -0.472. The Kier molecular flexibility index (Phi) is 7.58. The van der Waals surface area contributed by atoms with E-state index < -0.39 is 28.5 Å². The molecule has 10 nitrogen and oxygen atoms in total. The van der Waals surface area contributed by atoms with Crippen molar-refractivity contribution in [2.75, 3.05) is 45.0 Å². The van der Waals surface area contributed by atoms with Crippen molar-refractivity contribution in [3.63, 3.8) is 0 Å². The van der Waals surface area contributed by atoms with Gasteiger partial charge in [-0.25, -0.2) is 9.78 Å². The minimum Gasteiger partial charge on any atom is -0.611 e. The molecule has 34 heavy (non-hydrogen) atoms. The first kappa shape index (κ1) is 24.7. The zero-order chi connectivity index (χ0) is 24.4. The normalized spacial score (nSPS) is 17.3. The molecule has 0 spiro atoms. The van der Waals surface area contributed by atoms with Gasteiger partial charge in [-0.2, -0.15) is 0 Å². The second kappa shape index (κ2) is 10.4. The zero-order valence-corrected chi connectivity index (χ0v) is 20.7. The first-order valence-electron chi connectivity index (χ1n) is 11.4. The number of hydrogen-bond acceptors (Lipinski definition) is 7. The third kappa shape index (κ3) is 5.28. The van der Waals surface area contributed by atoms with Crippen molar-refractivity contribution >= 4 is 22.3 Å². The molecule has 1 aliphatic heterocycles. The van der Waals surface area contributed by atoms with Gasteiger partial charge in [0.25, 0.3) is 5.56 Å². The number of aliphatic hydroxyl groups is 1. The number of piperazine rings is 1. The molecule has 1 N–H and O–H groups in total. The molecule has 1 saturated heterocycles. The molecule has 0 saturated carbocycles. The molecule has 4 rings (SSSR count). The van der Waals surface area contributed by atoms with E-state index in [1.54, 1.807) is 18.7 Å². The lowest BCUT2D eigenvalue weighted by Crippen LogP contribution is -2.51. The minimum atomic E-state index is -1.02. The summed E-state index contributed by atoms with van der Waals surface area (Å²) in [7, 11) is 3.28. The van der Waals surface area contributed by atoms with Crippen molar-refractivity contribution in [3.8, 4) is 0 Å². The second-order valence-corrected chi connectivity index (χ2v) is 10.5. The Morgan fingerprint density at radius 2 is 1.82 bits per heavy atom. The molecule has 2 unspecified atom stereocenters. The Labute approximate surface area is 201 Å². The highest BCUT2D eigenvalue weighted by molar-refractivity contribution is 7.91. The average Bonchev–Trinajstić information content (AvgIpc) is 3.21. The van der Waals surface area contributed by atoms with Gasteiger partial charge in [-0.3, -0.25) is 23.7 Å². The van der Waals surface area contributed by atoms with E-state index in [9.17, 15) is 19.2 Å². The number of aliphatic hydroxyl groups excluding tert-OH is 1. The third-order valence-electron chi connectivity index (χ3n) is 6.37. The molecule has 1 aromatic carbocycles. The first-order chi connectivity index (χ1) is 16.2. The Morgan fingerprint density at radius 1 is 1.12 bits per heavy atom. The predicted molar refractivity (Wildman–Crippen MR) is 132 cm³/mol. The van der Waals surface area contributed by atoms with Crippen molar-refractivity contribution in [2.45, 2.75) is 24.5 Å². The zero-order valence-electron chi connectivity index (χ0n) is 19.9. The van der Waals surface area contributed by atoms with Crippen molar-refractivity contribution in [3.05, 3.63) is 57.0 Å². The van der Waals surface area contributed by atoms with Crippen LogP contribution in [0.4, 0.5) is 0 Å². The van der Waals surface area contributed by atoms with Gasteiger partial charge in [0, 0.05) is 53.4 Å². The molecule has 3 aromatic rings. The van der Waals surface area contributed by atoms with Crippen LogP contribution in [0.5, 0.6) is 0 Å². The van der Waals surface area contributed by atoms with Crippen LogP contribution in [0.3, 0.4) is 0 Å². The number of rotatable bonds is 8. The van der Waals surface area contributed by atoms with Crippen LogP contribution in [0.25, 0.3) is 11.2 Å². The van der Waals surface area contributed by atoms with E-state index in [0.717, 1.165) is 47.7 Å². The minimum absolute atomic E-state index is 0.0671. The summed E-state index contributed by atoms with van der Waals surface area (Å²) in [6, 6.07) is 7.82. The van der Waals surface area contributed by atoms with E-state index in [1.165, 1.54) is 10.9 Å². The summed E-state index contributed by atoms with van der Waals surface area (Å²) in [5, 5.41) is 10.7. The molecular weight excluding hydrogens is 456 g/mol. The van der Waals surface area contributed by atoms with E-state index >= 15 is 0 Å². The number of benzene rings is 1. The van der Waals surface area contributed by atoms with Gasteiger partial charge in [0.15, 0.2) is 16.1 Å². The summed E-state index contributed by atoms with van der Waals surface area (Å²) in [4.78, 5) is 34.9. The monoisotopic (exact) mass is 488 g/mol.